The highest BCUT2D eigenvalue weighted by atomic mass is 15.2. The largest absolute Gasteiger partial charge is 0.311 e. The average Bonchev–Trinajstić information content (AvgIpc) is 2.77. The van der Waals surface area contributed by atoms with E-state index in [1.54, 1.807) is 0 Å². The Hall–Kier alpha value is -0.120. The minimum Gasteiger partial charge on any atom is -0.311 e. The Labute approximate surface area is 119 Å². The molecule has 0 radical (unpaired) electrons. The molecule has 2 unspecified atom stereocenters. The summed E-state index contributed by atoms with van der Waals surface area (Å²) in [5.41, 5.74) is 0. The van der Waals surface area contributed by atoms with Crippen LogP contribution in [0.4, 0.5) is 0 Å². The van der Waals surface area contributed by atoms with E-state index in [1.165, 1.54) is 52.0 Å². The first kappa shape index (κ1) is 15.3. The molecule has 2 aliphatic rings. The van der Waals surface area contributed by atoms with Gasteiger partial charge in [-0.05, 0) is 52.1 Å². The lowest BCUT2D eigenvalue weighted by molar-refractivity contribution is 0.158. The van der Waals surface area contributed by atoms with Crippen LogP contribution >= 0.6 is 0 Å². The summed E-state index contributed by atoms with van der Waals surface area (Å²) in [5.74, 6) is 0.903. The maximum Gasteiger partial charge on any atom is 0.0197 e. The van der Waals surface area contributed by atoms with Gasteiger partial charge in [0.15, 0.2) is 0 Å². The maximum atomic E-state index is 3.71. The molecule has 3 heteroatoms. The molecular formula is C16H33N3. The van der Waals surface area contributed by atoms with Gasteiger partial charge in [0.2, 0.25) is 0 Å². The van der Waals surface area contributed by atoms with E-state index in [2.05, 4.69) is 42.8 Å². The van der Waals surface area contributed by atoms with Crippen molar-refractivity contribution in [1.82, 2.24) is 15.1 Å². The van der Waals surface area contributed by atoms with E-state index < -0.39 is 0 Å². The Morgan fingerprint density at radius 1 is 1.05 bits per heavy atom. The monoisotopic (exact) mass is 267 g/mol. The van der Waals surface area contributed by atoms with Crippen molar-refractivity contribution in [2.75, 3.05) is 32.7 Å². The summed E-state index contributed by atoms with van der Waals surface area (Å²) in [7, 11) is 0. The van der Waals surface area contributed by atoms with Crippen molar-refractivity contribution in [2.24, 2.45) is 5.92 Å². The van der Waals surface area contributed by atoms with Crippen LogP contribution in [0.2, 0.25) is 0 Å². The highest BCUT2D eigenvalue weighted by Crippen LogP contribution is 2.21. The van der Waals surface area contributed by atoms with Gasteiger partial charge in [0, 0.05) is 37.8 Å². The molecule has 3 nitrogen and oxygen atoms in total. The molecule has 2 aliphatic heterocycles. The lowest BCUT2D eigenvalue weighted by Gasteiger charge is -2.35. The van der Waals surface area contributed by atoms with Gasteiger partial charge in [-0.25, -0.2) is 0 Å². The zero-order valence-corrected chi connectivity index (χ0v) is 13.4. The van der Waals surface area contributed by atoms with Crippen molar-refractivity contribution in [2.45, 2.75) is 65.1 Å². The number of piperidine rings is 1. The number of likely N-dealkylation sites (tertiary alicyclic amines) is 2. The summed E-state index contributed by atoms with van der Waals surface area (Å²) in [6.07, 6.45) is 4.12. The molecule has 2 rings (SSSR count). The van der Waals surface area contributed by atoms with Gasteiger partial charge >= 0.3 is 0 Å². The van der Waals surface area contributed by atoms with Crippen LogP contribution in [0.3, 0.4) is 0 Å². The van der Waals surface area contributed by atoms with Crippen LogP contribution in [-0.4, -0.2) is 60.6 Å². The Bertz CT molecular complexity index is 265. The van der Waals surface area contributed by atoms with Crippen LogP contribution in [0.25, 0.3) is 0 Å². The van der Waals surface area contributed by atoms with E-state index in [9.17, 15) is 0 Å². The first-order valence-electron chi connectivity index (χ1n) is 8.27. The van der Waals surface area contributed by atoms with Gasteiger partial charge < -0.3 is 15.1 Å². The van der Waals surface area contributed by atoms with Gasteiger partial charge in [-0.1, -0.05) is 13.8 Å². The second-order valence-corrected chi connectivity index (χ2v) is 7.16. The number of hydrogen-bond acceptors (Lipinski definition) is 3. The Morgan fingerprint density at radius 3 is 2.47 bits per heavy atom. The van der Waals surface area contributed by atoms with Crippen molar-refractivity contribution in [3.63, 3.8) is 0 Å². The van der Waals surface area contributed by atoms with E-state index >= 15 is 0 Å². The molecular weight excluding hydrogens is 234 g/mol. The fourth-order valence-electron chi connectivity index (χ4n) is 3.67. The molecule has 2 heterocycles. The topological polar surface area (TPSA) is 18.5 Å². The highest BCUT2D eigenvalue weighted by molar-refractivity contribution is 4.84. The fraction of sp³-hybridized carbons (Fsp3) is 1.00. The number of rotatable bonds is 5. The summed E-state index contributed by atoms with van der Waals surface area (Å²) < 4.78 is 0. The van der Waals surface area contributed by atoms with Gasteiger partial charge in [0.1, 0.15) is 0 Å². The SMILES string of the molecule is CC(C)NC1CCCN(CC2CCN(C(C)C)C2)C1. The highest BCUT2D eigenvalue weighted by Gasteiger charge is 2.28. The number of nitrogens with zero attached hydrogens (tertiary/aromatic N) is 2. The number of hydrogen-bond donors (Lipinski definition) is 1. The summed E-state index contributed by atoms with van der Waals surface area (Å²) >= 11 is 0. The number of nitrogens with one attached hydrogen (secondary N) is 1. The maximum absolute atomic E-state index is 3.71. The third-order valence-electron chi connectivity index (χ3n) is 4.64. The molecule has 0 bridgehead atoms. The predicted molar refractivity (Wildman–Crippen MR) is 82.5 cm³/mol. The quantitative estimate of drug-likeness (QED) is 0.824. The predicted octanol–water partition coefficient (Wildman–Crippen LogP) is 2.18. The van der Waals surface area contributed by atoms with E-state index in [0.717, 1.165) is 18.0 Å². The van der Waals surface area contributed by atoms with Gasteiger partial charge in [0.05, 0.1) is 0 Å². The molecule has 1 N–H and O–H groups in total. The van der Waals surface area contributed by atoms with Crippen LogP contribution in [0.1, 0.15) is 47.0 Å². The van der Waals surface area contributed by atoms with Gasteiger partial charge in [0.25, 0.3) is 0 Å². The third-order valence-corrected chi connectivity index (χ3v) is 4.64. The van der Waals surface area contributed by atoms with E-state index in [0.29, 0.717) is 6.04 Å². The smallest absolute Gasteiger partial charge is 0.0197 e. The fourth-order valence-corrected chi connectivity index (χ4v) is 3.67. The summed E-state index contributed by atoms with van der Waals surface area (Å²) in [6.45, 7) is 15.7. The van der Waals surface area contributed by atoms with Crippen LogP contribution in [0.15, 0.2) is 0 Å². The van der Waals surface area contributed by atoms with Crippen LogP contribution in [0.5, 0.6) is 0 Å². The molecule has 2 saturated heterocycles. The first-order valence-corrected chi connectivity index (χ1v) is 8.27. The van der Waals surface area contributed by atoms with Crippen molar-refractivity contribution < 1.29 is 0 Å². The van der Waals surface area contributed by atoms with Crippen LogP contribution in [-0.2, 0) is 0 Å². The molecule has 0 aromatic carbocycles. The van der Waals surface area contributed by atoms with Crippen molar-refractivity contribution in [1.29, 1.82) is 0 Å². The molecule has 0 aromatic heterocycles. The minimum absolute atomic E-state index is 0.618. The summed E-state index contributed by atoms with van der Waals surface area (Å²) in [4.78, 5) is 5.34. The van der Waals surface area contributed by atoms with Crippen molar-refractivity contribution >= 4 is 0 Å². The van der Waals surface area contributed by atoms with E-state index in [4.69, 9.17) is 0 Å². The second-order valence-electron chi connectivity index (χ2n) is 7.16. The molecule has 0 saturated carbocycles. The van der Waals surface area contributed by atoms with Crippen molar-refractivity contribution in [3.8, 4) is 0 Å². The Balaban J connectivity index is 1.74. The normalized spacial score (nSPS) is 30.6. The second kappa shape index (κ2) is 7.05. The molecule has 2 fully saturated rings. The van der Waals surface area contributed by atoms with E-state index in [1.807, 2.05) is 0 Å². The molecule has 0 amide bonds. The van der Waals surface area contributed by atoms with E-state index in [-0.39, 0.29) is 0 Å². The molecule has 0 aliphatic carbocycles. The third kappa shape index (κ3) is 4.73. The van der Waals surface area contributed by atoms with Crippen LogP contribution in [0, 0.1) is 5.92 Å². The molecule has 19 heavy (non-hydrogen) atoms. The van der Waals surface area contributed by atoms with Crippen molar-refractivity contribution in [3.05, 3.63) is 0 Å². The Kier molecular flexibility index (Phi) is 5.67. The first-order chi connectivity index (χ1) is 9.04. The summed E-state index contributed by atoms with van der Waals surface area (Å²) in [6, 6.07) is 2.06. The molecule has 112 valence electrons. The molecule has 0 aromatic rings. The van der Waals surface area contributed by atoms with Gasteiger partial charge in [-0.2, -0.15) is 0 Å². The minimum atomic E-state index is 0.618. The zero-order chi connectivity index (χ0) is 13.8. The molecule has 0 spiro atoms. The zero-order valence-electron chi connectivity index (χ0n) is 13.4. The Morgan fingerprint density at radius 2 is 1.84 bits per heavy atom. The standard InChI is InChI=1S/C16H33N3/c1-13(2)17-16-6-5-8-18(12-16)10-15-7-9-19(11-15)14(3)4/h13-17H,5-12H2,1-4H3. The van der Waals surface area contributed by atoms with Gasteiger partial charge in [-0.15, -0.1) is 0 Å². The van der Waals surface area contributed by atoms with Crippen LogP contribution < -0.4 is 5.32 Å². The molecule has 2 atom stereocenters. The van der Waals surface area contributed by atoms with Gasteiger partial charge in [-0.3, -0.25) is 0 Å². The average molecular weight is 267 g/mol. The lowest BCUT2D eigenvalue weighted by Crippen LogP contribution is -2.49. The summed E-state index contributed by atoms with van der Waals surface area (Å²) in [5, 5.41) is 3.71. The lowest BCUT2D eigenvalue weighted by atomic mass is 10.0.